The van der Waals surface area contributed by atoms with Crippen molar-refractivity contribution in [1.29, 1.82) is 0 Å². The summed E-state index contributed by atoms with van der Waals surface area (Å²) in [5.41, 5.74) is -0.777. The molecule has 1 aliphatic carbocycles. The Bertz CT molecular complexity index is 409. The number of carboxylic acids is 1. The molecule has 0 aliphatic heterocycles. The van der Waals surface area contributed by atoms with Crippen LogP contribution in [-0.2, 0) is 9.53 Å². The lowest BCUT2D eigenvalue weighted by molar-refractivity contribution is -0.184. The van der Waals surface area contributed by atoms with Gasteiger partial charge in [-0.15, -0.1) is 0 Å². The number of alkyl carbamates (subject to hydrolysis) is 1. The standard InChI is InChI=1S/C14H22F3NO4/c1-13(2,3)22-12(21)18-10(11(19)20)8-4-6-9(7-5-8)14(15,16)17/h8-10H,4-7H2,1-3H3,(H,18,21)(H,19,20)/t8?,9?,10-/m0/s1. The molecule has 0 aromatic rings. The van der Waals surface area contributed by atoms with Gasteiger partial charge in [0, 0.05) is 0 Å². The average Bonchev–Trinajstić information content (AvgIpc) is 2.32. The van der Waals surface area contributed by atoms with Gasteiger partial charge in [0.25, 0.3) is 0 Å². The van der Waals surface area contributed by atoms with Gasteiger partial charge in [-0.3, -0.25) is 0 Å². The van der Waals surface area contributed by atoms with Gasteiger partial charge in [0.05, 0.1) is 5.92 Å². The summed E-state index contributed by atoms with van der Waals surface area (Å²) in [5, 5.41) is 11.5. The first kappa shape index (κ1) is 18.6. The summed E-state index contributed by atoms with van der Waals surface area (Å²) < 4.78 is 42.8. The van der Waals surface area contributed by atoms with E-state index in [2.05, 4.69) is 5.32 Å². The molecule has 0 aromatic carbocycles. The lowest BCUT2D eigenvalue weighted by Crippen LogP contribution is -2.49. The fraction of sp³-hybridized carbons (Fsp3) is 0.857. The summed E-state index contributed by atoms with van der Waals surface area (Å²) >= 11 is 0. The quantitative estimate of drug-likeness (QED) is 0.834. The molecular formula is C14H22F3NO4. The zero-order chi connectivity index (χ0) is 17.1. The molecule has 2 N–H and O–H groups in total. The lowest BCUT2D eigenvalue weighted by atomic mass is 9.78. The molecule has 1 amide bonds. The number of ether oxygens (including phenoxy) is 1. The monoisotopic (exact) mass is 325 g/mol. The molecule has 128 valence electrons. The first-order valence-electron chi connectivity index (χ1n) is 7.19. The number of nitrogens with one attached hydrogen (secondary N) is 1. The maximum absolute atomic E-state index is 12.6. The highest BCUT2D eigenvalue weighted by Gasteiger charge is 2.44. The maximum Gasteiger partial charge on any atom is 0.408 e. The summed E-state index contributed by atoms with van der Waals surface area (Å²) in [6.07, 6.45) is -5.14. The fourth-order valence-electron chi connectivity index (χ4n) is 2.60. The second-order valence-electron chi connectivity index (χ2n) is 6.62. The van der Waals surface area contributed by atoms with E-state index in [1.54, 1.807) is 20.8 Å². The van der Waals surface area contributed by atoms with Crippen molar-refractivity contribution in [3.63, 3.8) is 0 Å². The second kappa shape index (κ2) is 6.75. The van der Waals surface area contributed by atoms with Crippen LogP contribution in [0.2, 0.25) is 0 Å². The molecule has 1 saturated carbocycles. The fourth-order valence-corrected chi connectivity index (χ4v) is 2.60. The largest absolute Gasteiger partial charge is 0.480 e. The van der Waals surface area contributed by atoms with Crippen LogP contribution in [0.5, 0.6) is 0 Å². The predicted octanol–water partition coefficient (Wildman–Crippen LogP) is 3.33. The van der Waals surface area contributed by atoms with Crippen LogP contribution in [-0.4, -0.2) is 35.0 Å². The minimum absolute atomic E-state index is 0.108. The van der Waals surface area contributed by atoms with Gasteiger partial charge >= 0.3 is 18.2 Å². The van der Waals surface area contributed by atoms with E-state index in [1.807, 2.05) is 0 Å². The highest BCUT2D eigenvalue weighted by atomic mass is 19.4. The Hall–Kier alpha value is -1.47. The molecule has 1 fully saturated rings. The van der Waals surface area contributed by atoms with Crippen molar-refractivity contribution in [3.8, 4) is 0 Å². The number of alkyl halides is 3. The van der Waals surface area contributed by atoms with E-state index in [-0.39, 0.29) is 25.7 Å². The Balaban J connectivity index is 2.63. The Labute approximate surface area is 127 Å². The first-order valence-corrected chi connectivity index (χ1v) is 7.19. The number of carboxylic acid groups (broad SMARTS) is 1. The Morgan fingerprint density at radius 1 is 1.14 bits per heavy atom. The molecule has 0 aromatic heterocycles. The molecule has 1 atom stereocenters. The van der Waals surface area contributed by atoms with Crippen molar-refractivity contribution in [3.05, 3.63) is 0 Å². The summed E-state index contributed by atoms with van der Waals surface area (Å²) in [4.78, 5) is 22.9. The topological polar surface area (TPSA) is 75.6 Å². The van der Waals surface area contributed by atoms with E-state index in [0.717, 1.165) is 0 Å². The molecule has 0 bridgehead atoms. The molecule has 8 heteroatoms. The van der Waals surface area contributed by atoms with Crippen molar-refractivity contribution in [2.45, 2.75) is 64.3 Å². The van der Waals surface area contributed by atoms with Gasteiger partial charge in [-0.2, -0.15) is 13.2 Å². The number of carbonyl (C=O) groups excluding carboxylic acids is 1. The smallest absolute Gasteiger partial charge is 0.408 e. The average molecular weight is 325 g/mol. The van der Waals surface area contributed by atoms with Crippen LogP contribution in [0.15, 0.2) is 0 Å². The Morgan fingerprint density at radius 3 is 2.00 bits per heavy atom. The van der Waals surface area contributed by atoms with Crippen LogP contribution < -0.4 is 5.32 Å². The number of aliphatic carboxylic acids is 1. The van der Waals surface area contributed by atoms with Crippen LogP contribution in [0.4, 0.5) is 18.0 Å². The molecular weight excluding hydrogens is 303 g/mol. The highest BCUT2D eigenvalue weighted by molar-refractivity contribution is 5.80. The second-order valence-corrected chi connectivity index (χ2v) is 6.62. The zero-order valence-corrected chi connectivity index (χ0v) is 12.9. The summed E-state index contributed by atoms with van der Waals surface area (Å²) in [7, 11) is 0. The van der Waals surface area contributed by atoms with Gasteiger partial charge in [-0.05, 0) is 52.4 Å². The van der Waals surface area contributed by atoms with E-state index in [9.17, 15) is 27.9 Å². The SMILES string of the molecule is CC(C)(C)OC(=O)N[C@H](C(=O)O)C1CCC(C(F)(F)F)CC1. The third kappa shape index (κ3) is 5.73. The van der Waals surface area contributed by atoms with Crippen molar-refractivity contribution in [2.24, 2.45) is 11.8 Å². The number of amides is 1. The van der Waals surface area contributed by atoms with Crippen LogP contribution in [0.25, 0.3) is 0 Å². The Morgan fingerprint density at radius 2 is 1.64 bits per heavy atom. The number of halogens is 3. The summed E-state index contributed by atoms with van der Waals surface area (Å²) in [6, 6.07) is -1.23. The van der Waals surface area contributed by atoms with Gasteiger partial charge < -0.3 is 15.2 Å². The molecule has 0 heterocycles. The van der Waals surface area contributed by atoms with Crippen LogP contribution in [0, 0.1) is 11.8 Å². The molecule has 22 heavy (non-hydrogen) atoms. The van der Waals surface area contributed by atoms with E-state index in [1.165, 1.54) is 0 Å². The van der Waals surface area contributed by atoms with E-state index in [0.29, 0.717) is 0 Å². The molecule has 0 saturated heterocycles. The van der Waals surface area contributed by atoms with E-state index >= 15 is 0 Å². The van der Waals surface area contributed by atoms with Gasteiger partial charge in [-0.25, -0.2) is 9.59 Å². The number of carbonyl (C=O) groups is 2. The molecule has 1 rings (SSSR count). The van der Waals surface area contributed by atoms with E-state index < -0.39 is 41.7 Å². The minimum atomic E-state index is -4.25. The van der Waals surface area contributed by atoms with Crippen molar-refractivity contribution < 1.29 is 32.6 Å². The van der Waals surface area contributed by atoms with Crippen LogP contribution in [0.1, 0.15) is 46.5 Å². The molecule has 0 spiro atoms. The number of hydrogen-bond acceptors (Lipinski definition) is 3. The predicted molar refractivity (Wildman–Crippen MR) is 72.3 cm³/mol. The van der Waals surface area contributed by atoms with Crippen molar-refractivity contribution in [2.75, 3.05) is 0 Å². The molecule has 1 aliphatic rings. The van der Waals surface area contributed by atoms with Gasteiger partial charge in [0.2, 0.25) is 0 Å². The zero-order valence-electron chi connectivity index (χ0n) is 12.9. The van der Waals surface area contributed by atoms with Crippen molar-refractivity contribution in [1.82, 2.24) is 5.32 Å². The van der Waals surface area contributed by atoms with E-state index in [4.69, 9.17) is 4.74 Å². The number of hydrogen-bond donors (Lipinski definition) is 2. The van der Waals surface area contributed by atoms with Crippen molar-refractivity contribution >= 4 is 12.1 Å². The summed E-state index contributed by atoms with van der Waals surface area (Å²) in [6.45, 7) is 4.91. The highest BCUT2D eigenvalue weighted by Crippen LogP contribution is 2.40. The van der Waals surface area contributed by atoms with Crippen LogP contribution in [0.3, 0.4) is 0 Å². The molecule has 0 unspecified atom stereocenters. The van der Waals surface area contributed by atoms with Crippen LogP contribution >= 0.6 is 0 Å². The first-order chi connectivity index (χ1) is 9.90. The minimum Gasteiger partial charge on any atom is -0.480 e. The maximum atomic E-state index is 12.6. The summed E-state index contributed by atoms with van der Waals surface area (Å²) in [5.74, 6) is -3.18. The Kier molecular flexibility index (Phi) is 5.70. The third-order valence-corrected chi connectivity index (χ3v) is 3.64. The molecule has 5 nitrogen and oxygen atoms in total. The lowest BCUT2D eigenvalue weighted by Gasteiger charge is -2.33. The van der Waals surface area contributed by atoms with Gasteiger partial charge in [0.15, 0.2) is 0 Å². The van der Waals surface area contributed by atoms with Gasteiger partial charge in [-0.1, -0.05) is 0 Å². The molecule has 0 radical (unpaired) electrons. The third-order valence-electron chi connectivity index (χ3n) is 3.64. The normalized spacial score (nSPS) is 24.5. The van der Waals surface area contributed by atoms with Gasteiger partial charge in [0.1, 0.15) is 11.6 Å². The number of rotatable bonds is 3.